The van der Waals surface area contributed by atoms with E-state index >= 15 is 0 Å². The smallest absolute Gasteiger partial charge is 0.341 e. The zero-order valence-electron chi connectivity index (χ0n) is 13.5. The number of amides is 1. The molecule has 3 N–H and O–H groups in total. The van der Waals surface area contributed by atoms with E-state index in [-0.39, 0.29) is 28.9 Å². The Hall–Kier alpha value is -2.64. The lowest BCUT2D eigenvalue weighted by Gasteiger charge is -2.29. The van der Waals surface area contributed by atoms with Crippen LogP contribution in [0, 0.1) is 16.0 Å². The maximum absolute atomic E-state index is 12.0. The van der Waals surface area contributed by atoms with Gasteiger partial charge in [0, 0.05) is 23.9 Å². The van der Waals surface area contributed by atoms with Crippen molar-refractivity contribution < 1.29 is 19.2 Å². The van der Waals surface area contributed by atoms with Gasteiger partial charge in [-0.15, -0.1) is 0 Å². The van der Waals surface area contributed by atoms with Crippen LogP contribution in [0.1, 0.15) is 43.0 Å². The molecule has 0 heterocycles. The predicted molar refractivity (Wildman–Crippen MR) is 87.4 cm³/mol. The summed E-state index contributed by atoms with van der Waals surface area (Å²) in [6.45, 7) is 1.64. The molecule has 24 heavy (non-hydrogen) atoms. The van der Waals surface area contributed by atoms with Crippen LogP contribution < -0.4 is 11.1 Å². The summed E-state index contributed by atoms with van der Waals surface area (Å²) in [7, 11) is 0. The van der Waals surface area contributed by atoms with Crippen LogP contribution in [-0.2, 0) is 9.53 Å². The monoisotopic (exact) mass is 335 g/mol. The molecule has 130 valence electrons. The first-order chi connectivity index (χ1) is 11.4. The molecule has 2 rings (SSSR count). The number of nitro groups is 1. The molecule has 1 aromatic carbocycles. The molecule has 0 saturated heterocycles. The Morgan fingerprint density at radius 1 is 1.38 bits per heavy atom. The van der Waals surface area contributed by atoms with E-state index in [9.17, 15) is 19.7 Å². The number of esters is 1. The van der Waals surface area contributed by atoms with Crippen molar-refractivity contribution in [3.05, 3.63) is 33.9 Å². The second-order valence-electron chi connectivity index (χ2n) is 6.04. The summed E-state index contributed by atoms with van der Waals surface area (Å²) in [4.78, 5) is 34.0. The minimum Gasteiger partial charge on any atom is -0.452 e. The Morgan fingerprint density at radius 2 is 2.08 bits per heavy atom. The van der Waals surface area contributed by atoms with Gasteiger partial charge in [0.2, 0.25) is 0 Å². The van der Waals surface area contributed by atoms with E-state index in [0.29, 0.717) is 5.92 Å². The van der Waals surface area contributed by atoms with Crippen LogP contribution in [0.2, 0.25) is 0 Å². The van der Waals surface area contributed by atoms with Crippen LogP contribution >= 0.6 is 0 Å². The van der Waals surface area contributed by atoms with Crippen LogP contribution in [0.5, 0.6) is 0 Å². The van der Waals surface area contributed by atoms with Gasteiger partial charge in [-0.1, -0.05) is 19.8 Å². The van der Waals surface area contributed by atoms with Crippen LogP contribution in [0.15, 0.2) is 18.2 Å². The van der Waals surface area contributed by atoms with Crippen LogP contribution in [0.3, 0.4) is 0 Å². The molecule has 0 spiro atoms. The molecule has 1 amide bonds. The van der Waals surface area contributed by atoms with Gasteiger partial charge in [0.15, 0.2) is 6.61 Å². The maximum atomic E-state index is 12.0. The highest BCUT2D eigenvalue weighted by Gasteiger charge is 2.23. The molecule has 1 aliphatic rings. The zero-order chi connectivity index (χ0) is 17.7. The van der Waals surface area contributed by atoms with Gasteiger partial charge < -0.3 is 15.8 Å². The fourth-order valence-electron chi connectivity index (χ4n) is 2.82. The standard InChI is InChI=1S/C16H21N3O5/c1-10-4-2-3-5-14(10)18-15(20)9-24-16(21)12-8-11(19(22)23)6-7-13(12)17/h6-8,10,14H,2-5,9,17H2,1H3,(H,18,20)/t10-,14-/m1/s1. The molecule has 0 aromatic heterocycles. The molecular formula is C16H21N3O5. The van der Waals surface area contributed by atoms with Gasteiger partial charge in [0.05, 0.1) is 10.5 Å². The number of non-ortho nitro benzene ring substituents is 1. The van der Waals surface area contributed by atoms with Crippen LogP contribution in [0.4, 0.5) is 11.4 Å². The Labute approximate surface area is 139 Å². The molecule has 2 atom stereocenters. The van der Waals surface area contributed by atoms with E-state index in [4.69, 9.17) is 10.5 Å². The highest BCUT2D eigenvalue weighted by molar-refractivity contribution is 5.97. The third kappa shape index (κ3) is 4.43. The summed E-state index contributed by atoms with van der Waals surface area (Å²) in [5.74, 6) is -0.847. The first-order valence-corrected chi connectivity index (χ1v) is 7.89. The third-order valence-electron chi connectivity index (χ3n) is 4.26. The summed E-state index contributed by atoms with van der Waals surface area (Å²) in [6.07, 6.45) is 4.21. The molecule has 0 radical (unpaired) electrons. The van der Waals surface area contributed by atoms with Gasteiger partial charge in [-0.3, -0.25) is 14.9 Å². The fraction of sp³-hybridized carbons (Fsp3) is 0.500. The number of nitrogens with zero attached hydrogens (tertiary/aromatic N) is 1. The molecule has 0 aliphatic heterocycles. The molecule has 8 heteroatoms. The van der Waals surface area contributed by atoms with E-state index in [2.05, 4.69) is 12.2 Å². The summed E-state index contributed by atoms with van der Waals surface area (Å²) >= 11 is 0. The van der Waals surface area contributed by atoms with E-state index < -0.39 is 17.5 Å². The number of nitrogen functional groups attached to an aromatic ring is 1. The molecule has 1 fully saturated rings. The quantitative estimate of drug-likeness (QED) is 0.367. The van der Waals surface area contributed by atoms with Gasteiger partial charge in [-0.2, -0.15) is 0 Å². The second-order valence-corrected chi connectivity index (χ2v) is 6.04. The fourth-order valence-corrected chi connectivity index (χ4v) is 2.82. The van der Waals surface area contributed by atoms with Crippen molar-refractivity contribution in [3.63, 3.8) is 0 Å². The Bertz CT molecular complexity index is 647. The Morgan fingerprint density at radius 3 is 2.75 bits per heavy atom. The van der Waals surface area contributed by atoms with Crippen LogP contribution in [-0.4, -0.2) is 29.4 Å². The summed E-state index contributed by atoms with van der Waals surface area (Å²) in [5.41, 5.74) is 5.31. The van der Waals surface area contributed by atoms with E-state index in [1.54, 1.807) is 0 Å². The third-order valence-corrected chi connectivity index (χ3v) is 4.26. The van der Waals surface area contributed by atoms with E-state index in [1.165, 1.54) is 12.1 Å². The number of nitrogens with one attached hydrogen (secondary N) is 1. The van der Waals surface area contributed by atoms with E-state index in [0.717, 1.165) is 31.7 Å². The normalized spacial score (nSPS) is 20.2. The summed E-state index contributed by atoms with van der Waals surface area (Å²) < 4.78 is 4.93. The molecule has 0 unspecified atom stereocenters. The number of rotatable bonds is 5. The highest BCUT2D eigenvalue weighted by Crippen LogP contribution is 2.24. The number of benzene rings is 1. The number of nitrogens with two attached hydrogens (primary N) is 1. The SMILES string of the molecule is C[C@@H]1CCCC[C@H]1NC(=O)COC(=O)c1cc([N+](=O)[O-])ccc1N. The number of hydrogen-bond donors (Lipinski definition) is 2. The molecule has 0 bridgehead atoms. The lowest BCUT2D eigenvalue weighted by atomic mass is 9.86. The molecule has 1 aliphatic carbocycles. The van der Waals surface area contributed by atoms with Crippen molar-refractivity contribution in [2.75, 3.05) is 12.3 Å². The van der Waals surface area contributed by atoms with Gasteiger partial charge in [0.1, 0.15) is 0 Å². The summed E-state index contributed by atoms with van der Waals surface area (Å²) in [6, 6.07) is 3.59. The number of hydrogen-bond acceptors (Lipinski definition) is 6. The van der Waals surface area contributed by atoms with Gasteiger partial charge in [-0.25, -0.2) is 4.79 Å². The number of carbonyl (C=O) groups excluding carboxylic acids is 2. The van der Waals surface area contributed by atoms with Crippen molar-refractivity contribution in [2.24, 2.45) is 5.92 Å². The average molecular weight is 335 g/mol. The molecule has 1 saturated carbocycles. The van der Waals surface area contributed by atoms with Crippen LogP contribution in [0.25, 0.3) is 0 Å². The van der Waals surface area contributed by atoms with Gasteiger partial charge in [0.25, 0.3) is 11.6 Å². The number of carbonyl (C=O) groups is 2. The largest absolute Gasteiger partial charge is 0.452 e. The molecule has 1 aromatic rings. The number of ether oxygens (including phenoxy) is 1. The Balaban J connectivity index is 1.91. The average Bonchev–Trinajstić information content (AvgIpc) is 2.55. The molecular weight excluding hydrogens is 314 g/mol. The first-order valence-electron chi connectivity index (χ1n) is 7.89. The summed E-state index contributed by atoms with van der Waals surface area (Å²) in [5, 5.41) is 13.6. The minimum atomic E-state index is -0.858. The topological polar surface area (TPSA) is 125 Å². The maximum Gasteiger partial charge on any atom is 0.341 e. The van der Waals surface area contributed by atoms with Crippen molar-refractivity contribution in [3.8, 4) is 0 Å². The number of nitro benzene ring substituents is 1. The van der Waals surface area contributed by atoms with Crippen molar-refractivity contribution in [1.82, 2.24) is 5.32 Å². The van der Waals surface area contributed by atoms with E-state index in [1.807, 2.05) is 0 Å². The minimum absolute atomic E-state index is 0.0620. The van der Waals surface area contributed by atoms with Crippen molar-refractivity contribution in [2.45, 2.75) is 38.6 Å². The number of anilines is 1. The first kappa shape index (κ1) is 17.7. The zero-order valence-corrected chi connectivity index (χ0v) is 13.5. The lowest BCUT2D eigenvalue weighted by Crippen LogP contribution is -2.42. The predicted octanol–water partition coefficient (Wildman–Crippen LogP) is 2.03. The second kappa shape index (κ2) is 7.76. The van der Waals surface area contributed by atoms with Gasteiger partial charge in [-0.05, 0) is 24.8 Å². The highest BCUT2D eigenvalue weighted by atomic mass is 16.6. The van der Waals surface area contributed by atoms with Crippen molar-refractivity contribution >= 4 is 23.3 Å². The van der Waals surface area contributed by atoms with Gasteiger partial charge >= 0.3 is 5.97 Å². The lowest BCUT2D eigenvalue weighted by molar-refractivity contribution is -0.384. The Kier molecular flexibility index (Phi) is 5.73. The molecule has 8 nitrogen and oxygen atoms in total. The van der Waals surface area contributed by atoms with Crippen molar-refractivity contribution in [1.29, 1.82) is 0 Å².